The minimum Gasteiger partial charge on any atom is -0.351 e. The molecule has 0 atom stereocenters. The van der Waals surface area contributed by atoms with E-state index in [2.05, 4.69) is 41.6 Å². The molecule has 0 radical (unpaired) electrons. The maximum atomic E-state index is 12.1. The summed E-state index contributed by atoms with van der Waals surface area (Å²) in [5, 5.41) is 10.8. The van der Waals surface area contributed by atoms with E-state index in [0.29, 0.717) is 37.7 Å². The number of aromatic nitrogens is 4. The highest BCUT2D eigenvalue weighted by Crippen LogP contribution is 2.26. The Kier molecular flexibility index (Phi) is 6.53. The molecule has 0 aromatic carbocycles. The van der Waals surface area contributed by atoms with Gasteiger partial charge in [0.1, 0.15) is 5.82 Å². The number of halogens is 1. The third kappa shape index (κ3) is 4.80. The zero-order valence-electron chi connectivity index (χ0n) is 15.9. The second kappa shape index (κ2) is 8.72. The molecule has 3 rings (SSSR count). The zero-order valence-corrected chi connectivity index (χ0v) is 18.3. The second-order valence-corrected chi connectivity index (χ2v) is 9.65. The lowest BCUT2D eigenvalue weighted by Gasteiger charge is -2.31. The molecular formula is C16H25BrN8O2S. The van der Waals surface area contributed by atoms with Crippen molar-refractivity contribution in [1.82, 2.24) is 24.1 Å². The van der Waals surface area contributed by atoms with E-state index in [-0.39, 0.29) is 18.3 Å². The summed E-state index contributed by atoms with van der Waals surface area (Å²) in [5.74, 6) is 1.12. The highest BCUT2D eigenvalue weighted by atomic mass is 79.9. The zero-order chi connectivity index (χ0) is 20.3. The van der Waals surface area contributed by atoms with Gasteiger partial charge in [-0.1, -0.05) is 0 Å². The summed E-state index contributed by atoms with van der Waals surface area (Å²) in [6.45, 7) is 3.04. The van der Waals surface area contributed by atoms with Crippen LogP contribution in [-0.4, -0.2) is 63.9 Å². The minimum atomic E-state index is -3.25. The molecule has 1 aliphatic rings. The standard InChI is InChI=1S/C16H25BrN8O2S/c1-11-14(10-20-24(11)2)22-15-13(17)9-19-16(23-15)21-12-3-6-25(7-4-12)28(26,27)8-5-18/h9-10,12H,3-8,18H2,1-2H3,(H2,19,21,22,23). The highest BCUT2D eigenvalue weighted by molar-refractivity contribution is 9.10. The van der Waals surface area contributed by atoms with Crippen LogP contribution in [0, 0.1) is 6.92 Å². The Morgan fingerprint density at radius 1 is 1.32 bits per heavy atom. The predicted octanol–water partition coefficient (Wildman–Crippen LogP) is 1.19. The van der Waals surface area contributed by atoms with Crippen LogP contribution >= 0.6 is 15.9 Å². The van der Waals surface area contributed by atoms with E-state index in [4.69, 9.17) is 5.73 Å². The highest BCUT2D eigenvalue weighted by Gasteiger charge is 2.27. The van der Waals surface area contributed by atoms with Gasteiger partial charge in [0.2, 0.25) is 16.0 Å². The third-order valence-corrected chi connectivity index (χ3v) is 7.27. The van der Waals surface area contributed by atoms with Gasteiger partial charge in [0.25, 0.3) is 0 Å². The largest absolute Gasteiger partial charge is 0.351 e. The Morgan fingerprint density at radius 2 is 2.04 bits per heavy atom. The molecule has 3 heterocycles. The summed E-state index contributed by atoms with van der Waals surface area (Å²) in [6, 6.07) is 0.110. The summed E-state index contributed by atoms with van der Waals surface area (Å²) < 4.78 is 28.3. The van der Waals surface area contributed by atoms with Gasteiger partial charge in [-0.05, 0) is 35.7 Å². The monoisotopic (exact) mass is 472 g/mol. The van der Waals surface area contributed by atoms with Crippen molar-refractivity contribution in [2.24, 2.45) is 12.8 Å². The number of anilines is 3. The lowest BCUT2D eigenvalue weighted by molar-refractivity contribution is 0.329. The number of sulfonamides is 1. The van der Waals surface area contributed by atoms with Crippen LogP contribution < -0.4 is 16.4 Å². The Labute approximate surface area is 173 Å². The normalized spacial score (nSPS) is 16.3. The molecule has 0 amide bonds. The molecule has 0 aliphatic carbocycles. The molecule has 2 aromatic rings. The molecule has 0 bridgehead atoms. The molecule has 1 aliphatic heterocycles. The second-order valence-electron chi connectivity index (χ2n) is 6.70. The number of nitrogens with one attached hydrogen (secondary N) is 2. The molecule has 154 valence electrons. The average Bonchev–Trinajstić information content (AvgIpc) is 2.97. The van der Waals surface area contributed by atoms with E-state index in [0.717, 1.165) is 15.9 Å². The summed E-state index contributed by atoms with van der Waals surface area (Å²) in [6.07, 6.45) is 4.81. The van der Waals surface area contributed by atoms with E-state index in [1.54, 1.807) is 17.1 Å². The van der Waals surface area contributed by atoms with Crippen LogP contribution in [0.2, 0.25) is 0 Å². The van der Waals surface area contributed by atoms with E-state index in [9.17, 15) is 8.42 Å². The number of aryl methyl sites for hydroxylation is 1. The van der Waals surface area contributed by atoms with Gasteiger partial charge in [0.05, 0.1) is 27.8 Å². The lowest BCUT2D eigenvalue weighted by atomic mass is 10.1. The topological polar surface area (TPSA) is 131 Å². The van der Waals surface area contributed by atoms with Gasteiger partial charge in [0.15, 0.2) is 0 Å². The fourth-order valence-corrected chi connectivity index (χ4v) is 4.63. The molecule has 4 N–H and O–H groups in total. The number of nitrogens with zero attached hydrogens (tertiary/aromatic N) is 5. The quantitative estimate of drug-likeness (QED) is 0.547. The van der Waals surface area contributed by atoms with Crippen molar-refractivity contribution in [2.45, 2.75) is 25.8 Å². The van der Waals surface area contributed by atoms with Gasteiger partial charge in [-0.2, -0.15) is 10.1 Å². The molecule has 12 heteroatoms. The lowest BCUT2D eigenvalue weighted by Crippen LogP contribution is -2.44. The first kappa shape index (κ1) is 21.0. The van der Waals surface area contributed by atoms with Crippen molar-refractivity contribution in [1.29, 1.82) is 0 Å². The first-order valence-electron chi connectivity index (χ1n) is 9.02. The van der Waals surface area contributed by atoms with Crippen molar-refractivity contribution in [3.8, 4) is 0 Å². The first-order valence-corrected chi connectivity index (χ1v) is 11.4. The van der Waals surface area contributed by atoms with Gasteiger partial charge < -0.3 is 16.4 Å². The number of piperidine rings is 1. The average molecular weight is 473 g/mol. The van der Waals surface area contributed by atoms with Crippen molar-refractivity contribution in [3.63, 3.8) is 0 Å². The fourth-order valence-electron chi connectivity index (χ4n) is 3.01. The molecular weight excluding hydrogens is 448 g/mol. The molecule has 10 nitrogen and oxygen atoms in total. The van der Waals surface area contributed by atoms with Gasteiger partial charge in [-0.15, -0.1) is 0 Å². The van der Waals surface area contributed by atoms with E-state index in [1.807, 2.05) is 14.0 Å². The number of hydrogen-bond acceptors (Lipinski definition) is 8. The Hall–Kier alpha value is -1.76. The SMILES string of the molecule is Cc1c(Nc2nc(NC3CCN(S(=O)(=O)CCN)CC3)ncc2Br)cnn1C. The summed E-state index contributed by atoms with van der Waals surface area (Å²) in [5.41, 5.74) is 7.25. The van der Waals surface area contributed by atoms with E-state index >= 15 is 0 Å². The van der Waals surface area contributed by atoms with E-state index < -0.39 is 10.0 Å². The molecule has 28 heavy (non-hydrogen) atoms. The van der Waals surface area contributed by atoms with Crippen LogP contribution in [0.1, 0.15) is 18.5 Å². The van der Waals surface area contributed by atoms with Crippen LogP contribution in [0.3, 0.4) is 0 Å². The van der Waals surface area contributed by atoms with Gasteiger partial charge in [-0.25, -0.2) is 17.7 Å². The Morgan fingerprint density at radius 3 is 2.64 bits per heavy atom. The van der Waals surface area contributed by atoms with Gasteiger partial charge in [-0.3, -0.25) is 4.68 Å². The molecule has 1 fully saturated rings. The summed E-state index contributed by atoms with van der Waals surface area (Å²) in [4.78, 5) is 8.86. The van der Waals surface area contributed by atoms with Gasteiger partial charge in [0, 0.05) is 38.9 Å². The molecule has 0 spiro atoms. The Balaban J connectivity index is 1.63. The van der Waals surface area contributed by atoms with Crippen molar-refractivity contribution < 1.29 is 8.42 Å². The van der Waals surface area contributed by atoms with Crippen LogP contribution in [0.25, 0.3) is 0 Å². The van der Waals surface area contributed by atoms with Crippen molar-refractivity contribution in [2.75, 3.05) is 36.0 Å². The maximum absolute atomic E-state index is 12.1. The van der Waals surface area contributed by atoms with Gasteiger partial charge >= 0.3 is 0 Å². The number of nitrogens with two attached hydrogens (primary N) is 1. The van der Waals surface area contributed by atoms with E-state index in [1.165, 1.54) is 4.31 Å². The smallest absolute Gasteiger partial charge is 0.224 e. The Bertz CT molecular complexity index is 925. The molecule has 0 saturated carbocycles. The summed E-state index contributed by atoms with van der Waals surface area (Å²) >= 11 is 3.46. The molecule has 0 unspecified atom stereocenters. The number of rotatable bonds is 7. The summed E-state index contributed by atoms with van der Waals surface area (Å²) in [7, 11) is -1.38. The van der Waals surface area contributed by atoms with Crippen molar-refractivity contribution in [3.05, 3.63) is 22.6 Å². The number of hydrogen-bond donors (Lipinski definition) is 3. The van der Waals surface area contributed by atoms with Crippen LogP contribution in [0.15, 0.2) is 16.9 Å². The van der Waals surface area contributed by atoms with Crippen LogP contribution in [0.5, 0.6) is 0 Å². The van der Waals surface area contributed by atoms with Crippen LogP contribution in [0.4, 0.5) is 17.5 Å². The fraction of sp³-hybridized carbons (Fsp3) is 0.562. The van der Waals surface area contributed by atoms with Crippen molar-refractivity contribution >= 4 is 43.4 Å². The third-order valence-electron chi connectivity index (χ3n) is 4.79. The minimum absolute atomic E-state index is 0.0102. The molecule has 1 saturated heterocycles. The maximum Gasteiger partial charge on any atom is 0.224 e. The molecule has 2 aromatic heterocycles. The first-order chi connectivity index (χ1) is 13.3. The van der Waals surface area contributed by atoms with Crippen LogP contribution in [-0.2, 0) is 17.1 Å². The predicted molar refractivity (Wildman–Crippen MR) is 112 cm³/mol.